The number of carbonyl (C=O) groups excluding carboxylic acids is 1. The average molecular weight is 493 g/mol. The van der Waals surface area contributed by atoms with Crippen molar-refractivity contribution in [3.8, 4) is 22.8 Å². The Kier molecular flexibility index (Phi) is 7.02. The lowest BCUT2D eigenvalue weighted by Crippen LogP contribution is -2.31. The molecule has 0 saturated carbocycles. The Bertz CT molecular complexity index is 1370. The SMILES string of the molecule is CC(C)(C)OC(=O)Cn1nc(-c2ccncc2Cl)n(-c2ccc(OCc3ccccc3)cc2)c1=O. The maximum atomic E-state index is 13.3. The first kappa shape index (κ1) is 24.2. The van der Waals surface area contributed by atoms with Gasteiger partial charge in [-0.2, -0.15) is 0 Å². The van der Waals surface area contributed by atoms with Crippen LogP contribution in [0.1, 0.15) is 26.3 Å². The molecule has 2 aromatic heterocycles. The van der Waals surface area contributed by atoms with Crippen molar-refractivity contribution in [2.75, 3.05) is 0 Å². The molecule has 0 aliphatic rings. The van der Waals surface area contributed by atoms with Crippen LogP contribution in [-0.4, -0.2) is 30.9 Å². The molecule has 2 aromatic carbocycles. The van der Waals surface area contributed by atoms with Crippen LogP contribution in [0, 0.1) is 0 Å². The minimum Gasteiger partial charge on any atom is -0.489 e. The first-order chi connectivity index (χ1) is 16.7. The van der Waals surface area contributed by atoms with Crippen LogP contribution in [0.15, 0.2) is 77.9 Å². The second-order valence-electron chi connectivity index (χ2n) is 8.81. The quantitative estimate of drug-likeness (QED) is 0.348. The first-order valence-electron chi connectivity index (χ1n) is 11.0. The van der Waals surface area contributed by atoms with Gasteiger partial charge in [-0.15, -0.1) is 5.10 Å². The Balaban J connectivity index is 1.67. The van der Waals surface area contributed by atoms with Gasteiger partial charge in [0.25, 0.3) is 0 Å². The van der Waals surface area contributed by atoms with Gasteiger partial charge in [0.05, 0.1) is 10.7 Å². The van der Waals surface area contributed by atoms with Crippen LogP contribution in [0.4, 0.5) is 0 Å². The summed E-state index contributed by atoms with van der Waals surface area (Å²) in [4.78, 5) is 29.7. The zero-order valence-electron chi connectivity index (χ0n) is 19.6. The van der Waals surface area contributed by atoms with Gasteiger partial charge in [0.15, 0.2) is 5.82 Å². The second-order valence-corrected chi connectivity index (χ2v) is 9.22. The Morgan fingerprint density at radius 1 is 1.03 bits per heavy atom. The number of aromatic nitrogens is 4. The lowest BCUT2D eigenvalue weighted by atomic mass is 10.2. The molecular formula is C26H25ClN4O4. The minimum atomic E-state index is -0.684. The average Bonchev–Trinajstić information content (AvgIpc) is 3.13. The molecule has 0 amide bonds. The standard InChI is InChI=1S/C26H25ClN4O4/c1-26(2,3)35-23(32)16-30-25(33)31(24(29-30)21-13-14-28-15-22(21)27)19-9-11-20(12-10-19)34-17-18-7-5-4-6-8-18/h4-15H,16-17H2,1-3H3. The zero-order chi connectivity index (χ0) is 25.0. The highest BCUT2D eigenvalue weighted by Gasteiger charge is 2.23. The van der Waals surface area contributed by atoms with E-state index in [1.54, 1.807) is 57.3 Å². The van der Waals surface area contributed by atoms with E-state index >= 15 is 0 Å². The van der Waals surface area contributed by atoms with Gasteiger partial charge in [-0.25, -0.2) is 14.0 Å². The normalized spacial score (nSPS) is 11.3. The van der Waals surface area contributed by atoms with E-state index in [9.17, 15) is 9.59 Å². The van der Waals surface area contributed by atoms with Crippen molar-refractivity contribution >= 4 is 17.6 Å². The lowest BCUT2D eigenvalue weighted by molar-refractivity contribution is -0.155. The molecule has 0 unspecified atom stereocenters. The summed E-state index contributed by atoms with van der Waals surface area (Å²) in [5.74, 6) is 0.362. The fraction of sp³-hybridized carbons (Fsp3) is 0.231. The Morgan fingerprint density at radius 3 is 2.40 bits per heavy atom. The topological polar surface area (TPSA) is 88.2 Å². The van der Waals surface area contributed by atoms with Crippen molar-refractivity contribution in [3.63, 3.8) is 0 Å². The highest BCUT2D eigenvalue weighted by atomic mass is 35.5. The van der Waals surface area contributed by atoms with Crippen molar-refractivity contribution in [1.82, 2.24) is 19.3 Å². The number of halogens is 1. The van der Waals surface area contributed by atoms with Crippen molar-refractivity contribution in [3.05, 3.63) is 94.1 Å². The summed E-state index contributed by atoms with van der Waals surface area (Å²) >= 11 is 6.36. The van der Waals surface area contributed by atoms with Crippen LogP contribution in [-0.2, 0) is 22.7 Å². The molecule has 0 bridgehead atoms. The number of nitrogens with zero attached hydrogens (tertiary/aromatic N) is 4. The van der Waals surface area contributed by atoms with E-state index in [4.69, 9.17) is 21.1 Å². The maximum absolute atomic E-state index is 13.3. The molecule has 2 heterocycles. The van der Waals surface area contributed by atoms with E-state index in [-0.39, 0.29) is 12.4 Å². The molecule has 0 atom stereocenters. The molecular weight excluding hydrogens is 468 g/mol. The zero-order valence-corrected chi connectivity index (χ0v) is 20.4. The Labute approximate surface area is 207 Å². The summed E-state index contributed by atoms with van der Waals surface area (Å²) in [7, 11) is 0. The minimum absolute atomic E-state index is 0.281. The van der Waals surface area contributed by atoms with Gasteiger partial charge in [0.2, 0.25) is 0 Å². The third-order valence-corrected chi connectivity index (χ3v) is 5.20. The van der Waals surface area contributed by atoms with Gasteiger partial charge in [0, 0.05) is 18.0 Å². The number of ether oxygens (including phenoxy) is 2. The maximum Gasteiger partial charge on any atom is 0.351 e. The molecule has 0 fully saturated rings. The largest absolute Gasteiger partial charge is 0.489 e. The fourth-order valence-corrected chi connectivity index (χ4v) is 3.61. The lowest BCUT2D eigenvalue weighted by Gasteiger charge is -2.19. The smallest absolute Gasteiger partial charge is 0.351 e. The van der Waals surface area contributed by atoms with E-state index in [1.165, 1.54) is 10.8 Å². The molecule has 180 valence electrons. The molecule has 8 nitrogen and oxygen atoms in total. The van der Waals surface area contributed by atoms with Gasteiger partial charge in [-0.05, 0) is 56.7 Å². The highest BCUT2D eigenvalue weighted by molar-refractivity contribution is 6.33. The molecule has 0 aliphatic heterocycles. The van der Waals surface area contributed by atoms with E-state index in [0.29, 0.717) is 28.6 Å². The number of pyridine rings is 1. The Morgan fingerprint density at radius 2 is 1.74 bits per heavy atom. The van der Waals surface area contributed by atoms with E-state index in [2.05, 4.69) is 10.1 Å². The molecule has 0 aliphatic carbocycles. The van der Waals surface area contributed by atoms with Gasteiger partial charge in [-0.1, -0.05) is 41.9 Å². The fourth-order valence-electron chi connectivity index (χ4n) is 3.40. The monoisotopic (exact) mass is 492 g/mol. The highest BCUT2D eigenvalue weighted by Crippen LogP contribution is 2.27. The van der Waals surface area contributed by atoms with Gasteiger partial charge >= 0.3 is 11.7 Å². The van der Waals surface area contributed by atoms with Gasteiger partial charge in [-0.3, -0.25) is 9.78 Å². The van der Waals surface area contributed by atoms with Crippen molar-refractivity contribution in [1.29, 1.82) is 0 Å². The molecule has 0 radical (unpaired) electrons. The molecule has 0 spiro atoms. The van der Waals surface area contributed by atoms with Crippen LogP contribution < -0.4 is 10.4 Å². The molecule has 4 aromatic rings. The predicted octanol–water partition coefficient (Wildman–Crippen LogP) is 4.67. The molecule has 4 rings (SSSR count). The summed E-state index contributed by atoms with van der Waals surface area (Å²) in [6, 6.07) is 18.5. The van der Waals surface area contributed by atoms with E-state index in [1.807, 2.05) is 30.3 Å². The van der Waals surface area contributed by atoms with E-state index in [0.717, 1.165) is 10.2 Å². The summed E-state index contributed by atoms with van der Waals surface area (Å²) in [6.45, 7) is 5.37. The number of hydrogen-bond donors (Lipinski definition) is 0. The predicted molar refractivity (Wildman–Crippen MR) is 133 cm³/mol. The van der Waals surface area contributed by atoms with Crippen LogP contribution >= 0.6 is 11.6 Å². The van der Waals surface area contributed by atoms with E-state index < -0.39 is 17.3 Å². The van der Waals surface area contributed by atoms with Crippen LogP contribution in [0.2, 0.25) is 5.02 Å². The van der Waals surface area contributed by atoms with Gasteiger partial charge < -0.3 is 9.47 Å². The van der Waals surface area contributed by atoms with Crippen molar-refractivity contribution < 1.29 is 14.3 Å². The summed E-state index contributed by atoms with van der Waals surface area (Å²) in [5, 5.41) is 4.73. The van der Waals surface area contributed by atoms with Crippen molar-refractivity contribution in [2.24, 2.45) is 0 Å². The number of rotatable bonds is 7. The molecule has 35 heavy (non-hydrogen) atoms. The Hall–Kier alpha value is -3.91. The summed E-state index contributed by atoms with van der Waals surface area (Å²) in [6.07, 6.45) is 3.03. The molecule has 0 N–H and O–H groups in total. The van der Waals surface area contributed by atoms with Gasteiger partial charge in [0.1, 0.15) is 24.5 Å². The van der Waals surface area contributed by atoms with Crippen LogP contribution in [0.5, 0.6) is 5.75 Å². The first-order valence-corrected chi connectivity index (χ1v) is 11.4. The van der Waals surface area contributed by atoms with Crippen LogP contribution in [0.25, 0.3) is 17.1 Å². The third kappa shape index (κ3) is 5.96. The van der Waals surface area contributed by atoms with Crippen molar-refractivity contribution in [2.45, 2.75) is 39.5 Å². The number of carbonyl (C=O) groups is 1. The summed E-state index contributed by atoms with van der Waals surface area (Å²) in [5.41, 5.74) is 0.907. The number of hydrogen-bond acceptors (Lipinski definition) is 6. The number of benzene rings is 2. The summed E-state index contributed by atoms with van der Waals surface area (Å²) < 4.78 is 13.7. The van der Waals surface area contributed by atoms with Crippen LogP contribution in [0.3, 0.4) is 0 Å². The second kappa shape index (κ2) is 10.1. The number of esters is 1. The molecule has 0 saturated heterocycles. The third-order valence-electron chi connectivity index (χ3n) is 4.89. The molecule has 9 heteroatoms.